The quantitative estimate of drug-likeness (QED) is 0.837. The summed E-state index contributed by atoms with van der Waals surface area (Å²) >= 11 is 6.11. The van der Waals surface area contributed by atoms with E-state index in [0.717, 1.165) is 32.5 Å². The molecule has 6 heteroatoms. The lowest BCUT2D eigenvalue weighted by Gasteiger charge is -2.29. The predicted octanol–water partition coefficient (Wildman–Crippen LogP) is 1.77. The number of likely N-dealkylation sites (tertiary alicyclic amines) is 1. The van der Waals surface area contributed by atoms with Gasteiger partial charge in [-0.1, -0.05) is 17.7 Å². The third-order valence-electron chi connectivity index (χ3n) is 3.65. The molecule has 0 spiro atoms. The van der Waals surface area contributed by atoms with Crippen LogP contribution in [0.4, 0.5) is 0 Å². The molecule has 1 saturated heterocycles. The van der Waals surface area contributed by atoms with Gasteiger partial charge in [-0.2, -0.15) is 0 Å². The van der Waals surface area contributed by atoms with E-state index in [1.54, 1.807) is 18.2 Å². The maximum atomic E-state index is 10.6. The monoisotopic (exact) mass is 312 g/mol. The number of carboxylic acid groups (broad SMARTS) is 1. The lowest BCUT2D eigenvalue weighted by Crippen LogP contribution is -2.41. The third kappa shape index (κ3) is 5.19. The van der Waals surface area contributed by atoms with Crippen molar-refractivity contribution in [3.05, 3.63) is 28.8 Å². The number of benzene rings is 1. The Morgan fingerprint density at radius 1 is 1.43 bits per heavy atom. The molecule has 5 nitrogen and oxygen atoms in total. The first kappa shape index (κ1) is 16.1. The summed E-state index contributed by atoms with van der Waals surface area (Å²) in [6.07, 6.45) is 2.03. The molecular formula is C15H21ClN2O3. The summed E-state index contributed by atoms with van der Waals surface area (Å²) in [6, 6.07) is 5.44. The zero-order chi connectivity index (χ0) is 15.2. The molecule has 0 amide bonds. The lowest BCUT2D eigenvalue weighted by atomic mass is 10.1. The Hall–Kier alpha value is -1.30. The minimum absolute atomic E-state index is 0.0337. The van der Waals surface area contributed by atoms with Crippen molar-refractivity contribution in [1.29, 1.82) is 0 Å². The van der Waals surface area contributed by atoms with Crippen LogP contribution in [0.15, 0.2) is 18.2 Å². The van der Waals surface area contributed by atoms with Gasteiger partial charge in [0.05, 0.1) is 11.4 Å². The molecule has 0 saturated carbocycles. The number of halogens is 1. The van der Waals surface area contributed by atoms with Crippen molar-refractivity contribution >= 4 is 17.6 Å². The van der Waals surface area contributed by atoms with E-state index in [4.69, 9.17) is 27.2 Å². The van der Waals surface area contributed by atoms with Gasteiger partial charge in [-0.3, -0.25) is 9.69 Å². The number of hydrogen-bond donors (Lipinski definition) is 2. The molecule has 1 aliphatic rings. The Morgan fingerprint density at radius 2 is 2.14 bits per heavy atom. The minimum atomic E-state index is -0.872. The van der Waals surface area contributed by atoms with Crippen LogP contribution < -0.4 is 10.5 Å². The molecule has 0 radical (unpaired) electrons. The van der Waals surface area contributed by atoms with Gasteiger partial charge in [-0.05, 0) is 43.6 Å². The molecule has 1 aromatic rings. The van der Waals surface area contributed by atoms with Crippen molar-refractivity contribution in [3.8, 4) is 5.75 Å². The molecule has 1 fully saturated rings. The van der Waals surface area contributed by atoms with Crippen molar-refractivity contribution in [2.75, 3.05) is 26.2 Å². The minimum Gasteiger partial charge on any atom is -0.491 e. The van der Waals surface area contributed by atoms with E-state index in [-0.39, 0.29) is 6.42 Å². The molecule has 0 atom stereocenters. The SMILES string of the molecule is NC1CCN(CCOc2ccc(CC(=O)O)cc2Cl)CC1. The molecule has 0 bridgehead atoms. The van der Waals surface area contributed by atoms with Gasteiger partial charge in [0.1, 0.15) is 12.4 Å². The fourth-order valence-corrected chi connectivity index (χ4v) is 2.66. The summed E-state index contributed by atoms with van der Waals surface area (Å²) in [5, 5.41) is 9.20. The number of hydrogen-bond acceptors (Lipinski definition) is 4. The second kappa shape index (κ2) is 7.64. The molecule has 1 aromatic carbocycles. The molecule has 1 aliphatic heterocycles. The second-order valence-electron chi connectivity index (χ2n) is 5.36. The van der Waals surface area contributed by atoms with Crippen molar-refractivity contribution < 1.29 is 14.6 Å². The van der Waals surface area contributed by atoms with Gasteiger partial charge in [0.2, 0.25) is 0 Å². The number of ether oxygens (including phenoxy) is 1. The lowest BCUT2D eigenvalue weighted by molar-refractivity contribution is -0.136. The zero-order valence-corrected chi connectivity index (χ0v) is 12.7. The number of carbonyl (C=O) groups is 1. The largest absolute Gasteiger partial charge is 0.491 e. The van der Waals surface area contributed by atoms with Crippen LogP contribution in [0.2, 0.25) is 5.02 Å². The van der Waals surface area contributed by atoms with E-state index in [0.29, 0.717) is 29.0 Å². The fraction of sp³-hybridized carbons (Fsp3) is 0.533. The Kier molecular flexibility index (Phi) is 5.85. The molecule has 0 aliphatic carbocycles. The summed E-state index contributed by atoms with van der Waals surface area (Å²) in [6.45, 7) is 3.43. The van der Waals surface area contributed by atoms with Crippen LogP contribution in [-0.2, 0) is 11.2 Å². The average molecular weight is 313 g/mol. The molecule has 0 aromatic heterocycles. The number of nitrogens with zero attached hydrogens (tertiary/aromatic N) is 1. The highest BCUT2D eigenvalue weighted by molar-refractivity contribution is 6.32. The van der Waals surface area contributed by atoms with Crippen LogP contribution >= 0.6 is 11.6 Å². The van der Waals surface area contributed by atoms with E-state index < -0.39 is 5.97 Å². The Morgan fingerprint density at radius 3 is 2.76 bits per heavy atom. The van der Waals surface area contributed by atoms with Crippen LogP contribution in [0.3, 0.4) is 0 Å². The highest BCUT2D eigenvalue weighted by Crippen LogP contribution is 2.25. The third-order valence-corrected chi connectivity index (χ3v) is 3.94. The first-order valence-electron chi connectivity index (χ1n) is 7.15. The Labute approximate surface area is 129 Å². The van der Waals surface area contributed by atoms with E-state index in [1.165, 1.54) is 0 Å². The summed E-state index contributed by atoms with van der Waals surface area (Å²) in [4.78, 5) is 13.0. The first-order valence-corrected chi connectivity index (χ1v) is 7.53. The number of nitrogens with two attached hydrogens (primary N) is 1. The summed E-state index contributed by atoms with van der Waals surface area (Å²) < 4.78 is 5.67. The summed E-state index contributed by atoms with van der Waals surface area (Å²) in [5.74, 6) is -0.275. The van der Waals surface area contributed by atoms with Gasteiger partial charge in [0.25, 0.3) is 0 Å². The summed E-state index contributed by atoms with van der Waals surface area (Å²) in [7, 11) is 0. The molecule has 116 valence electrons. The van der Waals surface area contributed by atoms with Gasteiger partial charge in [-0.25, -0.2) is 0 Å². The van der Waals surface area contributed by atoms with Crippen LogP contribution in [0, 0.1) is 0 Å². The molecular weight excluding hydrogens is 292 g/mol. The molecule has 0 unspecified atom stereocenters. The van der Waals surface area contributed by atoms with Crippen molar-refractivity contribution in [3.63, 3.8) is 0 Å². The molecule has 1 heterocycles. The maximum absolute atomic E-state index is 10.6. The van der Waals surface area contributed by atoms with Gasteiger partial charge >= 0.3 is 5.97 Å². The van der Waals surface area contributed by atoms with Crippen LogP contribution in [-0.4, -0.2) is 48.3 Å². The topological polar surface area (TPSA) is 75.8 Å². The van der Waals surface area contributed by atoms with Gasteiger partial charge in [-0.15, -0.1) is 0 Å². The summed E-state index contributed by atoms with van der Waals surface area (Å²) in [5.41, 5.74) is 6.54. The Bertz CT molecular complexity index is 488. The van der Waals surface area contributed by atoms with Crippen molar-refractivity contribution in [2.24, 2.45) is 5.73 Å². The highest BCUT2D eigenvalue weighted by atomic mass is 35.5. The number of carboxylic acids is 1. The average Bonchev–Trinajstić information content (AvgIpc) is 2.43. The predicted molar refractivity (Wildman–Crippen MR) is 81.9 cm³/mol. The van der Waals surface area contributed by atoms with Crippen LogP contribution in [0.5, 0.6) is 5.75 Å². The standard InChI is InChI=1S/C15H21ClN2O3/c16-13-9-11(10-15(19)20)1-2-14(13)21-8-7-18-5-3-12(17)4-6-18/h1-2,9,12H,3-8,10,17H2,(H,19,20). The van der Waals surface area contributed by atoms with E-state index in [9.17, 15) is 4.79 Å². The molecule has 21 heavy (non-hydrogen) atoms. The van der Waals surface area contributed by atoms with E-state index in [2.05, 4.69) is 4.90 Å². The first-order chi connectivity index (χ1) is 10.0. The van der Waals surface area contributed by atoms with Crippen molar-refractivity contribution in [2.45, 2.75) is 25.3 Å². The number of aliphatic carboxylic acids is 1. The van der Waals surface area contributed by atoms with Crippen molar-refractivity contribution in [1.82, 2.24) is 4.90 Å². The van der Waals surface area contributed by atoms with Gasteiger partial charge in [0.15, 0.2) is 0 Å². The molecule has 3 N–H and O–H groups in total. The van der Waals surface area contributed by atoms with E-state index >= 15 is 0 Å². The number of piperidine rings is 1. The van der Waals surface area contributed by atoms with Gasteiger partial charge in [0, 0.05) is 12.6 Å². The molecule has 2 rings (SSSR count). The second-order valence-corrected chi connectivity index (χ2v) is 5.77. The highest BCUT2D eigenvalue weighted by Gasteiger charge is 2.15. The fourth-order valence-electron chi connectivity index (χ4n) is 2.41. The van der Waals surface area contributed by atoms with Crippen LogP contribution in [0.1, 0.15) is 18.4 Å². The van der Waals surface area contributed by atoms with Gasteiger partial charge < -0.3 is 15.6 Å². The zero-order valence-electron chi connectivity index (χ0n) is 11.9. The van der Waals surface area contributed by atoms with Crippen LogP contribution in [0.25, 0.3) is 0 Å². The van der Waals surface area contributed by atoms with E-state index in [1.807, 2.05) is 0 Å². The number of rotatable bonds is 6. The Balaban J connectivity index is 1.79. The normalized spacial score (nSPS) is 16.9. The smallest absolute Gasteiger partial charge is 0.307 e. The maximum Gasteiger partial charge on any atom is 0.307 e.